The lowest BCUT2D eigenvalue weighted by Gasteiger charge is -2.12. The van der Waals surface area contributed by atoms with Gasteiger partial charge in [-0.2, -0.15) is 15.3 Å². The van der Waals surface area contributed by atoms with E-state index in [4.69, 9.17) is 5.73 Å². The van der Waals surface area contributed by atoms with Crippen LogP contribution >= 0.6 is 0 Å². The van der Waals surface area contributed by atoms with Crippen LogP contribution in [0.1, 0.15) is 0 Å². The first-order valence-electron chi connectivity index (χ1n) is 6.29. The topological polar surface area (TPSA) is 104 Å². The minimum atomic E-state index is 0.284. The lowest BCUT2D eigenvalue weighted by Crippen LogP contribution is -2.36. The highest BCUT2D eigenvalue weighted by molar-refractivity contribution is 6.68. The van der Waals surface area contributed by atoms with Crippen molar-refractivity contribution in [1.82, 2.24) is 15.1 Å². The zero-order valence-corrected chi connectivity index (χ0v) is 11.6. The van der Waals surface area contributed by atoms with Gasteiger partial charge in [0, 0.05) is 24.9 Å². The number of anilines is 1. The van der Waals surface area contributed by atoms with E-state index in [1.54, 1.807) is 17.3 Å². The predicted molar refractivity (Wildman–Crippen MR) is 83.3 cm³/mol. The van der Waals surface area contributed by atoms with Crippen molar-refractivity contribution in [2.24, 2.45) is 21.0 Å². The minimum absolute atomic E-state index is 0.284. The second-order valence-electron chi connectivity index (χ2n) is 4.67. The highest BCUT2D eigenvalue weighted by Gasteiger charge is 2.21. The molecule has 0 spiro atoms. The molecule has 1 aromatic carbocycles. The summed E-state index contributed by atoms with van der Waals surface area (Å²) < 4.78 is 0. The Balaban J connectivity index is 1.94. The average Bonchev–Trinajstić information content (AvgIpc) is 2.86. The van der Waals surface area contributed by atoms with Gasteiger partial charge < -0.3 is 10.6 Å². The monoisotopic (exact) mass is 282 g/mol. The van der Waals surface area contributed by atoms with Gasteiger partial charge in [0.2, 0.25) is 0 Å². The van der Waals surface area contributed by atoms with E-state index >= 15 is 0 Å². The number of benzene rings is 1. The van der Waals surface area contributed by atoms with Crippen LogP contribution < -0.4 is 11.2 Å². The highest BCUT2D eigenvalue weighted by atomic mass is 15.4. The standard InChI is InChI=1S/C13H14N8/c1-21(2)13-11(12(14)19-20-13)18-17-10-5-3-4-8-6-15-16-7-9(8)10/h3-7,17H,1-2H3,(H2,14,18,19). The van der Waals surface area contributed by atoms with Crippen molar-refractivity contribution < 1.29 is 0 Å². The van der Waals surface area contributed by atoms with Crippen molar-refractivity contribution in [3.05, 3.63) is 30.6 Å². The molecule has 2 heterocycles. The van der Waals surface area contributed by atoms with Gasteiger partial charge in [-0.1, -0.05) is 12.1 Å². The van der Waals surface area contributed by atoms with Crippen LogP contribution in [-0.4, -0.2) is 46.6 Å². The molecular formula is C13H14N8. The molecule has 0 amide bonds. The first-order chi connectivity index (χ1) is 10.2. The Morgan fingerprint density at radius 2 is 1.95 bits per heavy atom. The molecule has 1 aromatic heterocycles. The van der Waals surface area contributed by atoms with Gasteiger partial charge in [0.15, 0.2) is 17.4 Å². The van der Waals surface area contributed by atoms with E-state index in [0.29, 0.717) is 11.5 Å². The predicted octanol–water partition coefficient (Wildman–Crippen LogP) is 0.644. The number of amidine groups is 2. The van der Waals surface area contributed by atoms with Gasteiger partial charge in [-0.25, -0.2) is 0 Å². The van der Waals surface area contributed by atoms with Gasteiger partial charge in [-0.3, -0.25) is 5.43 Å². The van der Waals surface area contributed by atoms with Crippen molar-refractivity contribution >= 4 is 33.8 Å². The van der Waals surface area contributed by atoms with Crippen LogP contribution in [0, 0.1) is 0 Å². The Hall–Kier alpha value is -3.03. The van der Waals surface area contributed by atoms with E-state index in [2.05, 4.69) is 30.9 Å². The molecular weight excluding hydrogens is 268 g/mol. The Morgan fingerprint density at radius 1 is 1.14 bits per heavy atom. The molecule has 3 N–H and O–H groups in total. The molecule has 0 unspecified atom stereocenters. The molecule has 8 heteroatoms. The van der Waals surface area contributed by atoms with E-state index in [1.165, 1.54) is 0 Å². The molecule has 0 aliphatic carbocycles. The molecule has 0 fully saturated rings. The van der Waals surface area contributed by atoms with Crippen LogP contribution in [0.3, 0.4) is 0 Å². The van der Waals surface area contributed by atoms with Crippen molar-refractivity contribution in [2.75, 3.05) is 19.5 Å². The average molecular weight is 282 g/mol. The number of aromatic nitrogens is 2. The lowest BCUT2D eigenvalue weighted by molar-refractivity contribution is 0.630. The first kappa shape index (κ1) is 13.0. The largest absolute Gasteiger partial charge is 0.380 e. The van der Waals surface area contributed by atoms with Crippen molar-refractivity contribution in [3.8, 4) is 0 Å². The number of hydrogen-bond acceptors (Lipinski definition) is 8. The third kappa shape index (κ3) is 2.38. The number of nitrogens with one attached hydrogen (secondary N) is 1. The highest BCUT2D eigenvalue weighted by Crippen LogP contribution is 2.21. The fourth-order valence-electron chi connectivity index (χ4n) is 1.96. The molecule has 1 aliphatic rings. The maximum Gasteiger partial charge on any atom is 0.182 e. The number of nitrogens with two attached hydrogens (primary N) is 1. The summed E-state index contributed by atoms with van der Waals surface area (Å²) in [5.74, 6) is 0.895. The quantitative estimate of drug-likeness (QED) is 0.787. The summed E-state index contributed by atoms with van der Waals surface area (Å²) in [6.45, 7) is 0. The Bertz CT molecular complexity index is 769. The smallest absolute Gasteiger partial charge is 0.182 e. The summed E-state index contributed by atoms with van der Waals surface area (Å²) in [5.41, 5.74) is 10.1. The van der Waals surface area contributed by atoms with Gasteiger partial charge in [-0.05, 0) is 6.07 Å². The molecule has 0 bridgehead atoms. The number of hydrazone groups is 1. The van der Waals surface area contributed by atoms with Crippen molar-refractivity contribution in [1.29, 1.82) is 0 Å². The first-order valence-corrected chi connectivity index (χ1v) is 6.29. The third-order valence-electron chi connectivity index (χ3n) is 3.01. The van der Waals surface area contributed by atoms with Gasteiger partial charge in [0.25, 0.3) is 0 Å². The van der Waals surface area contributed by atoms with Crippen LogP contribution in [0.5, 0.6) is 0 Å². The van der Waals surface area contributed by atoms with E-state index < -0.39 is 0 Å². The summed E-state index contributed by atoms with van der Waals surface area (Å²) in [5, 5.41) is 21.8. The van der Waals surface area contributed by atoms with Crippen molar-refractivity contribution in [3.63, 3.8) is 0 Å². The fourth-order valence-corrected chi connectivity index (χ4v) is 1.96. The van der Waals surface area contributed by atoms with Crippen LogP contribution in [0.15, 0.2) is 45.9 Å². The van der Waals surface area contributed by atoms with Gasteiger partial charge in [-0.15, -0.1) is 10.2 Å². The number of nitrogens with zero attached hydrogens (tertiary/aromatic N) is 6. The maximum atomic E-state index is 5.80. The lowest BCUT2D eigenvalue weighted by atomic mass is 10.2. The summed E-state index contributed by atoms with van der Waals surface area (Å²) >= 11 is 0. The minimum Gasteiger partial charge on any atom is -0.380 e. The molecule has 21 heavy (non-hydrogen) atoms. The molecule has 3 rings (SSSR count). The second-order valence-corrected chi connectivity index (χ2v) is 4.67. The van der Waals surface area contributed by atoms with Crippen LogP contribution in [0.4, 0.5) is 5.69 Å². The molecule has 2 aromatic rings. The van der Waals surface area contributed by atoms with Gasteiger partial charge in [0.05, 0.1) is 18.1 Å². The zero-order chi connectivity index (χ0) is 14.8. The molecule has 0 atom stereocenters. The Morgan fingerprint density at radius 3 is 2.76 bits per heavy atom. The zero-order valence-electron chi connectivity index (χ0n) is 11.6. The summed E-state index contributed by atoms with van der Waals surface area (Å²) in [7, 11) is 3.71. The molecule has 0 saturated carbocycles. The summed E-state index contributed by atoms with van der Waals surface area (Å²) in [6, 6.07) is 5.78. The second kappa shape index (κ2) is 5.16. The third-order valence-corrected chi connectivity index (χ3v) is 3.01. The van der Waals surface area contributed by atoms with Crippen LogP contribution in [0.25, 0.3) is 10.8 Å². The molecule has 0 radical (unpaired) electrons. The van der Waals surface area contributed by atoms with Crippen molar-refractivity contribution in [2.45, 2.75) is 0 Å². The van der Waals surface area contributed by atoms with Crippen LogP contribution in [-0.2, 0) is 0 Å². The SMILES string of the molecule is CN(C)C1=NN=C(N)/C1=N\Nc1cccc2cnncc12. The Labute approximate surface area is 121 Å². The molecule has 8 nitrogen and oxygen atoms in total. The normalized spacial score (nSPS) is 16.0. The molecule has 0 saturated heterocycles. The number of hydrogen-bond donors (Lipinski definition) is 2. The van der Waals surface area contributed by atoms with E-state index in [9.17, 15) is 0 Å². The molecule has 106 valence electrons. The number of rotatable bonds is 2. The fraction of sp³-hybridized carbons (Fsp3) is 0.154. The van der Waals surface area contributed by atoms with E-state index in [-0.39, 0.29) is 5.84 Å². The van der Waals surface area contributed by atoms with Gasteiger partial charge in [0.1, 0.15) is 0 Å². The maximum absolute atomic E-state index is 5.80. The van der Waals surface area contributed by atoms with Gasteiger partial charge >= 0.3 is 0 Å². The van der Waals surface area contributed by atoms with E-state index in [0.717, 1.165) is 16.5 Å². The van der Waals surface area contributed by atoms with Crippen LogP contribution in [0.2, 0.25) is 0 Å². The summed E-state index contributed by atoms with van der Waals surface area (Å²) in [4.78, 5) is 1.80. The van der Waals surface area contributed by atoms with E-state index in [1.807, 2.05) is 32.3 Å². The Kier molecular flexibility index (Phi) is 3.19. The number of fused-ring (bicyclic) bond motifs is 1. The molecule has 1 aliphatic heterocycles. The summed E-state index contributed by atoms with van der Waals surface area (Å²) in [6.07, 6.45) is 3.39.